The molecule has 0 fully saturated rings. The molecule has 4 nitrogen and oxygen atoms in total. The van der Waals surface area contributed by atoms with E-state index in [9.17, 15) is 14.3 Å². The summed E-state index contributed by atoms with van der Waals surface area (Å²) in [5.41, 5.74) is 0.501. The number of nitrogens with one attached hydrogen (secondary N) is 1. The molecule has 0 aliphatic heterocycles. The summed E-state index contributed by atoms with van der Waals surface area (Å²) in [6.07, 6.45) is 1.14. The van der Waals surface area contributed by atoms with Gasteiger partial charge in [-0.25, -0.2) is 4.39 Å². The minimum absolute atomic E-state index is 0.121. The first-order valence-electron chi connectivity index (χ1n) is 4.29. The number of carbonyl (C=O) groups is 1. The SMILES string of the molecule is O=C(O)Cc1c[nH]c2c(F)ccc(O)c12. The second-order valence-electron chi connectivity index (χ2n) is 3.20. The summed E-state index contributed by atoms with van der Waals surface area (Å²) >= 11 is 0. The number of hydrogen-bond acceptors (Lipinski definition) is 2. The Labute approximate surface area is 84.0 Å². The molecule has 0 saturated carbocycles. The number of phenolic OH excluding ortho intramolecular Hbond substituents is 1. The average molecular weight is 209 g/mol. The van der Waals surface area contributed by atoms with Gasteiger partial charge in [0.15, 0.2) is 0 Å². The minimum Gasteiger partial charge on any atom is -0.507 e. The highest BCUT2D eigenvalue weighted by molar-refractivity contribution is 5.92. The summed E-state index contributed by atoms with van der Waals surface area (Å²) in [5.74, 6) is -1.66. The zero-order chi connectivity index (χ0) is 11.0. The van der Waals surface area contributed by atoms with Gasteiger partial charge in [-0.3, -0.25) is 4.79 Å². The van der Waals surface area contributed by atoms with Crippen molar-refractivity contribution in [1.29, 1.82) is 0 Å². The van der Waals surface area contributed by atoms with Crippen molar-refractivity contribution in [1.82, 2.24) is 4.98 Å². The fourth-order valence-corrected chi connectivity index (χ4v) is 1.57. The van der Waals surface area contributed by atoms with Gasteiger partial charge in [-0.15, -0.1) is 0 Å². The number of hydrogen-bond donors (Lipinski definition) is 3. The standard InChI is InChI=1S/C10H8FNO3/c11-6-1-2-7(13)9-5(3-8(14)15)4-12-10(6)9/h1-2,4,12-13H,3H2,(H,14,15). The van der Waals surface area contributed by atoms with Gasteiger partial charge in [0.25, 0.3) is 0 Å². The molecule has 0 unspecified atom stereocenters. The van der Waals surface area contributed by atoms with Crippen molar-refractivity contribution in [2.45, 2.75) is 6.42 Å². The van der Waals surface area contributed by atoms with E-state index in [0.29, 0.717) is 5.56 Å². The number of halogens is 1. The third-order valence-electron chi connectivity index (χ3n) is 2.19. The van der Waals surface area contributed by atoms with Crippen molar-refractivity contribution >= 4 is 16.9 Å². The van der Waals surface area contributed by atoms with Crippen LogP contribution in [0.2, 0.25) is 0 Å². The molecule has 5 heteroatoms. The molecule has 1 aromatic carbocycles. The van der Waals surface area contributed by atoms with Crippen LogP contribution in [0.5, 0.6) is 5.75 Å². The summed E-state index contributed by atoms with van der Waals surface area (Å²) in [4.78, 5) is 13.1. The maximum Gasteiger partial charge on any atom is 0.307 e. The Balaban J connectivity index is 2.67. The first-order valence-corrected chi connectivity index (χ1v) is 4.29. The Morgan fingerprint density at radius 1 is 1.47 bits per heavy atom. The zero-order valence-corrected chi connectivity index (χ0v) is 7.62. The van der Waals surface area contributed by atoms with Crippen LogP contribution in [0.4, 0.5) is 4.39 Å². The van der Waals surface area contributed by atoms with Crippen LogP contribution in [0.3, 0.4) is 0 Å². The van der Waals surface area contributed by atoms with Crippen molar-refractivity contribution in [2.75, 3.05) is 0 Å². The molecule has 2 aromatic rings. The number of fused-ring (bicyclic) bond motifs is 1. The van der Waals surface area contributed by atoms with E-state index in [1.807, 2.05) is 0 Å². The molecule has 1 heterocycles. The molecule has 0 aliphatic carbocycles. The Kier molecular flexibility index (Phi) is 2.07. The molecule has 1 aromatic heterocycles. The number of phenols is 1. The van der Waals surface area contributed by atoms with Gasteiger partial charge in [0.2, 0.25) is 0 Å². The van der Waals surface area contributed by atoms with Crippen LogP contribution in [0, 0.1) is 5.82 Å². The number of aliphatic carboxylic acids is 1. The molecule has 0 radical (unpaired) electrons. The van der Waals surface area contributed by atoms with E-state index in [2.05, 4.69) is 4.98 Å². The molecule has 0 amide bonds. The summed E-state index contributed by atoms with van der Waals surface area (Å²) in [6.45, 7) is 0. The van der Waals surface area contributed by atoms with Crippen molar-refractivity contribution in [3.8, 4) is 5.75 Å². The van der Waals surface area contributed by atoms with E-state index in [-0.39, 0.29) is 23.1 Å². The summed E-state index contributed by atoms with van der Waals surface area (Å²) in [5, 5.41) is 18.3. The van der Waals surface area contributed by atoms with Crippen LogP contribution in [-0.4, -0.2) is 21.2 Å². The van der Waals surface area contributed by atoms with Crippen molar-refractivity contribution < 1.29 is 19.4 Å². The van der Waals surface area contributed by atoms with Crippen LogP contribution in [0.25, 0.3) is 10.9 Å². The van der Waals surface area contributed by atoms with Crippen LogP contribution in [0.1, 0.15) is 5.56 Å². The molecule has 78 valence electrons. The lowest BCUT2D eigenvalue weighted by molar-refractivity contribution is -0.136. The predicted molar refractivity (Wildman–Crippen MR) is 51.3 cm³/mol. The van der Waals surface area contributed by atoms with Crippen LogP contribution in [-0.2, 0) is 11.2 Å². The normalized spacial score (nSPS) is 10.7. The second kappa shape index (κ2) is 3.27. The molecule has 0 atom stereocenters. The van der Waals surface area contributed by atoms with E-state index in [0.717, 1.165) is 6.07 Å². The molecular formula is C10H8FNO3. The Morgan fingerprint density at radius 2 is 2.20 bits per heavy atom. The fourth-order valence-electron chi connectivity index (χ4n) is 1.57. The number of H-pyrrole nitrogens is 1. The highest BCUT2D eigenvalue weighted by Gasteiger charge is 2.13. The quantitative estimate of drug-likeness (QED) is 0.703. The van der Waals surface area contributed by atoms with Gasteiger partial charge in [0.05, 0.1) is 11.9 Å². The number of aromatic hydroxyl groups is 1. The van der Waals surface area contributed by atoms with Crippen molar-refractivity contribution in [3.05, 3.63) is 29.7 Å². The highest BCUT2D eigenvalue weighted by Crippen LogP contribution is 2.29. The van der Waals surface area contributed by atoms with Gasteiger partial charge < -0.3 is 15.2 Å². The smallest absolute Gasteiger partial charge is 0.307 e. The van der Waals surface area contributed by atoms with E-state index >= 15 is 0 Å². The summed E-state index contributed by atoms with van der Waals surface area (Å²) in [6, 6.07) is 2.33. The van der Waals surface area contributed by atoms with Gasteiger partial charge in [0.1, 0.15) is 11.6 Å². The molecule has 0 bridgehead atoms. The van der Waals surface area contributed by atoms with Crippen molar-refractivity contribution in [3.63, 3.8) is 0 Å². The van der Waals surface area contributed by atoms with Crippen LogP contribution in [0.15, 0.2) is 18.3 Å². The van der Waals surface area contributed by atoms with Gasteiger partial charge in [-0.2, -0.15) is 0 Å². The maximum atomic E-state index is 13.2. The lowest BCUT2D eigenvalue weighted by Gasteiger charge is -1.99. The number of carboxylic acids is 1. The predicted octanol–water partition coefficient (Wildman–Crippen LogP) is 1.64. The van der Waals surface area contributed by atoms with Gasteiger partial charge in [0, 0.05) is 11.6 Å². The number of benzene rings is 1. The third-order valence-corrected chi connectivity index (χ3v) is 2.19. The Bertz CT molecular complexity index is 533. The van der Waals surface area contributed by atoms with Gasteiger partial charge >= 0.3 is 5.97 Å². The molecule has 2 rings (SSSR count). The summed E-state index contributed by atoms with van der Waals surface area (Å²) in [7, 11) is 0. The fraction of sp³-hybridized carbons (Fsp3) is 0.100. The average Bonchev–Trinajstić information content (AvgIpc) is 2.56. The van der Waals surface area contributed by atoms with Crippen LogP contribution >= 0.6 is 0 Å². The Hall–Kier alpha value is -2.04. The van der Waals surface area contributed by atoms with Crippen LogP contribution < -0.4 is 0 Å². The molecule has 15 heavy (non-hydrogen) atoms. The van der Waals surface area contributed by atoms with Gasteiger partial charge in [-0.1, -0.05) is 0 Å². The van der Waals surface area contributed by atoms with E-state index in [1.54, 1.807) is 0 Å². The van der Waals surface area contributed by atoms with E-state index in [1.165, 1.54) is 12.3 Å². The van der Waals surface area contributed by atoms with Crippen molar-refractivity contribution in [2.24, 2.45) is 0 Å². The second-order valence-corrected chi connectivity index (χ2v) is 3.20. The lowest BCUT2D eigenvalue weighted by atomic mass is 10.1. The van der Waals surface area contributed by atoms with Gasteiger partial charge in [-0.05, 0) is 17.7 Å². The first kappa shape index (κ1) is 9.51. The molecule has 3 N–H and O–H groups in total. The molecule has 0 aliphatic rings. The lowest BCUT2D eigenvalue weighted by Crippen LogP contribution is -1.98. The summed E-state index contributed by atoms with van der Waals surface area (Å²) < 4.78 is 13.2. The molecule has 0 spiro atoms. The number of aromatic nitrogens is 1. The molecular weight excluding hydrogens is 201 g/mol. The van der Waals surface area contributed by atoms with E-state index < -0.39 is 11.8 Å². The topological polar surface area (TPSA) is 73.3 Å². The minimum atomic E-state index is -1.03. The largest absolute Gasteiger partial charge is 0.507 e. The highest BCUT2D eigenvalue weighted by atomic mass is 19.1. The van der Waals surface area contributed by atoms with E-state index in [4.69, 9.17) is 5.11 Å². The molecule has 0 saturated heterocycles. The maximum absolute atomic E-state index is 13.2. The zero-order valence-electron chi connectivity index (χ0n) is 7.62. The third kappa shape index (κ3) is 1.52. The number of aromatic amines is 1. The first-order chi connectivity index (χ1) is 7.09. The monoisotopic (exact) mass is 209 g/mol. The Morgan fingerprint density at radius 3 is 2.87 bits per heavy atom. The number of rotatable bonds is 2. The number of carboxylic acid groups (broad SMARTS) is 1.